The van der Waals surface area contributed by atoms with Gasteiger partial charge < -0.3 is 10.1 Å². The lowest BCUT2D eigenvalue weighted by Gasteiger charge is -2.09. The van der Waals surface area contributed by atoms with E-state index in [4.69, 9.17) is 4.74 Å². The minimum atomic E-state index is -0.305. The van der Waals surface area contributed by atoms with Crippen molar-refractivity contribution in [2.45, 2.75) is 6.42 Å². The normalized spacial score (nSPS) is 10.0. The van der Waals surface area contributed by atoms with Crippen LogP contribution in [0.15, 0.2) is 60.8 Å². The van der Waals surface area contributed by atoms with Gasteiger partial charge in [0.05, 0.1) is 13.5 Å². The highest BCUT2D eigenvalue weighted by molar-refractivity contribution is 5.97. The van der Waals surface area contributed by atoms with Crippen molar-refractivity contribution in [1.29, 1.82) is 0 Å². The van der Waals surface area contributed by atoms with E-state index in [9.17, 15) is 9.18 Å². The number of hydrogen-bond donors (Lipinski definition) is 1. The number of hydrogen-bond acceptors (Lipinski definition) is 3. The quantitative estimate of drug-likeness (QED) is 0.814. The summed E-state index contributed by atoms with van der Waals surface area (Å²) in [5, 5.41) is 2.99. The molecule has 0 bridgehead atoms. The van der Waals surface area contributed by atoms with Gasteiger partial charge in [0.2, 0.25) is 0 Å². The van der Waals surface area contributed by atoms with E-state index >= 15 is 0 Å². The number of anilines is 1. The first-order chi connectivity index (χ1) is 10.1. The first kappa shape index (κ1) is 14.8. The van der Waals surface area contributed by atoms with E-state index in [-0.39, 0.29) is 18.0 Å². The van der Waals surface area contributed by atoms with Gasteiger partial charge in [-0.15, -0.1) is 0 Å². The number of nitrogens with one attached hydrogen (secondary N) is 1. The van der Waals surface area contributed by atoms with Gasteiger partial charge in [-0.3, -0.25) is 4.79 Å². The largest absolute Gasteiger partial charge is 0.497 e. The van der Waals surface area contributed by atoms with E-state index in [0.29, 0.717) is 22.7 Å². The molecule has 0 aliphatic carbocycles. The fourth-order valence-corrected chi connectivity index (χ4v) is 1.85. The topological polar surface area (TPSA) is 38.3 Å². The molecular weight excluding hydrogens is 269 g/mol. The van der Waals surface area contributed by atoms with Gasteiger partial charge in [-0.1, -0.05) is 6.58 Å². The molecule has 4 heteroatoms. The summed E-state index contributed by atoms with van der Waals surface area (Å²) in [5.41, 5.74) is 1.85. The highest BCUT2D eigenvalue weighted by atomic mass is 19.1. The number of ether oxygens (including phenoxy) is 1. The highest BCUT2D eigenvalue weighted by Gasteiger charge is 2.08. The van der Waals surface area contributed by atoms with E-state index < -0.39 is 0 Å². The molecule has 2 aromatic rings. The van der Waals surface area contributed by atoms with Crippen LogP contribution in [-0.2, 0) is 0 Å². The van der Waals surface area contributed by atoms with Crippen molar-refractivity contribution in [2.75, 3.05) is 12.4 Å². The second kappa shape index (κ2) is 6.70. The molecule has 0 radical (unpaired) electrons. The molecule has 0 amide bonds. The maximum absolute atomic E-state index is 12.8. The zero-order valence-corrected chi connectivity index (χ0v) is 11.7. The van der Waals surface area contributed by atoms with Gasteiger partial charge in [0, 0.05) is 16.9 Å². The van der Waals surface area contributed by atoms with E-state index in [1.165, 1.54) is 12.1 Å². The summed E-state index contributed by atoms with van der Waals surface area (Å²) in [7, 11) is 1.57. The summed E-state index contributed by atoms with van der Waals surface area (Å²) in [6, 6.07) is 12.8. The monoisotopic (exact) mass is 285 g/mol. The molecule has 0 aromatic heterocycles. The van der Waals surface area contributed by atoms with Crippen molar-refractivity contribution < 1.29 is 13.9 Å². The van der Waals surface area contributed by atoms with E-state index in [2.05, 4.69) is 11.9 Å². The van der Waals surface area contributed by atoms with Crippen molar-refractivity contribution in [2.24, 2.45) is 0 Å². The van der Waals surface area contributed by atoms with Gasteiger partial charge in [0.15, 0.2) is 5.78 Å². The fraction of sp³-hybridized carbons (Fsp3) is 0.118. The average molecular weight is 285 g/mol. The number of carbonyl (C=O) groups is 1. The Morgan fingerprint density at radius 3 is 2.33 bits per heavy atom. The number of allylic oxidation sites excluding steroid dienone is 1. The Balaban J connectivity index is 1.95. The Labute approximate surface area is 123 Å². The molecule has 108 valence electrons. The van der Waals surface area contributed by atoms with Crippen LogP contribution in [0.2, 0.25) is 0 Å². The van der Waals surface area contributed by atoms with Gasteiger partial charge in [0.25, 0.3) is 0 Å². The van der Waals surface area contributed by atoms with Crippen LogP contribution in [0.5, 0.6) is 5.75 Å². The lowest BCUT2D eigenvalue weighted by molar-refractivity contribution is 0.0993. The Morgan fingerprint density at radius 2 is 1.76 bits per heavy atom. The summed E-state index contributed by atoms with van der Waals surface area (Å²) in [6.07, 6.45) is 0.170. The van der Waals surface area contributed by atoms with Crippen LogP contribution in [-0.4, -0.2) is 12.9 Å². The zero-order valence-electron chi connectivity index (χ0n) is 11.7. The van der Waals surface area contributed by atoms with E-state index in [1.807, 2.05) is 0 Å². The maximum atomic E-state index is 12.8. The molecule has 2 aromatic carbocycles. The molecule has 0 fully saturated rings. The maximum Gasteiger partial charge on any atom is 0.168 e. The first-order valence-corrected chi connectivity index (χ1v) is 6.46. The molecule has 0 aliphatic heterocycles. The minimum absolute atomic E-state index is 0.0442. The van der Waals surface area contributed by atoms with Crippen molar-refractivity contribution in [3.05, 3.63) is 72.2 Å². The first-order valence-electron chi connectivity index (χ1n) is 6.46. The zero-order chi connectivity index (χ0) is 15.2. The second-order valence-electron chi connectivity index (χ2n) is 4.56. The van der Waals surface area contributed by atoms with Crippen LogP contribution in [0.25, 0.3) is 0 Å². The van der Waals surface area contributed by atoms with Crippen molar-refractivity contribution in [1.82, 2.24) is 0 Å². The van der Waals surface area contributed by atoms with Gasteiger partial charge >= 0.3 is 0 Å². The highest BCUT2D eigenvalue weighted by Crippen LogP contribution is 2.16. The van der Waals surface area contributed by atoms with Crippen LogP contribution in [0, 0.1) is 5.82 Å². The lowest BCUT2D eigenvalue weighted by Crippen LogP contribution is -2.06. The summed E-state index contributed by atoms with van der Waals surface area (Å²) < 4.78 is 17.8. The summed E-state index contributed by atoms with van der Waals surface area (Å²) in [4.78, 5) is 12.1. The number of rotatable bonds is 6. The van der Waals surface area contributed by atoms with Gasteiger partial charge in [-0.05, 0) is 48.5 Å². The second-order valence-corrected chi connectivity index (χ2v) is 4.56. The predicted molar refractivity (Wildman–Crippen MR) is 81.1 cm³/mol. The summed E-state index contributed by atoms with van der Waals surface area (Å²) >= 11 is 0. The molecule has 3 nitrogen and oxygen atoms in total. The predicted octanol–water partition coefficient (Wildman–Crippen LogP) is 4.03. The summed E-state index contributed by atoms with van der Waals surface area (Å²) in [5.74, 6) is 0.354. The van der Waals surface area contributed by atoms with Crippen LogP contribution < -0.4 is 10.1 Å². The molecular formula is C17H16FNO2. The Morgan fingerprint density at radius 1 is 1.14 bits per heavy atom. The van der Waals surface area contributed by atoms with E-state index in [0.717, 1.165) is 0 Å². The molecule has 0 unspecified atom stereocenters. The fourth-order valence-electron chi connectivity index (χ4n) is 1.85. The van der Waals surface area contributed by atoms with Crippen LogP contribution in [0.3, 0.4) is 0 Å². The van der Waals surface area contributed by atoms with Gasteiger partial charge in [-0.25, -0.2) is 4.39 Å². The van der Waals surface area contributed by atoms with Crippen molar-refractivity contribution in [3.63, 3.8) is 0 Å². The molecule has 0 heterocycles. The number of carbonyl (C=O) groups excluding carboxylic acids is 1. The Hall–Kier alpha value is -2.62. The number of benzene rings is 2. The lowest BCUT2D eigenvalue weighted by atomic mass is 10.1. The third-order valence-corrected chi connectivity index (χ3v) is 2.95. The molecule has 0 aliphatic rings. The minimum Gasteiger partial charge on any atom is -0.497 e. The van der Waals surface area contributed by atoms with Crippen molar-refractivity contribution in [3.8, 4) is 5.75 Å². The van der Waals surface area contributed by atoms with Crippen LogP contribution in [0.1, 0.15) is 16.8 Å². The number of halogens is 1. The average Bonchev–Trinajstić information content (AvgIpc) is 2.49. The molecule has 0 atom stereocenters. The van der Waals surface area contributed by atoms with Crippen LogP contribution in [0.4, 0.5) is 10.1 Å². The summed E-state index contributed by atoms with van der Waals surface area (Å²) in [6.45, 7) is 3.82. The molecule has 0 saturated heterocycles. The molecule has 0 spiro atoms. The van der Waals surface area contributed by atoms with Gasteiger partial charge in [0.1, 0.15) is 11.6 Å². The standard InChI is InChI=1S/C17H16FNO2/c1-12(19-15-7-5-14(18)6-8-15)11-17(20)13-3-9-16(21-2)10-4-13/h3-10,19H,1,11H2,2H3. The number of Topliss-reactive ketones (excluding diaryl/α,β-unsaturated/α-hetero) is 1. The third-order valence-electron chi connectivity index (χ3n) is 2.95. The molecule has 2 rings (SSSR count). The molecule has 0 saturated carbocycles. The number of methoxy groups -OCH3 is 1. The Bertz CT molecular complexity index is 633. The Kier molecular flexibility index (Phi) is 4.72. The SMILES string of the molecule is C=C(CC(=O)c1ccc(OC)cc1)Nc1ccc(F)cc1. The smallest absolute Gasteiger partial charge is 0.168 e. The van der Waals surface area contributed by atoms with Gasteiger partial charge in [-0.2, -0.15) is 0 Å². The molecule has 21 heavy (non-hydrogen) atoms. The van der Waals surface area contributed by atoms with Crippen LogP contribution >= 0.6 is 0 Å². The molecule has 1 N–H and O–H groups in total. The van der Waals surface area contributed by atoms with Crippen molar-refractivity contribution >= 4 is 11.5 Å². The third kappa shape index (κ3) is 4.18. The number of ketones is 1. The van der Waals surface area contributed by atoms with E-state index in [1.54, 1.807) is 43.5 Å².